The lowest BCUT2D eigenvalue weighted by molar-refractivity contribution is 0.0600. The van der Waals surface area contributed by atoms with Crippen LogP contribution >= 0.6 is 11.6 Å². The van der Waals surface area contributed by atoms with Crippen molar-refractivity contribution < 1.29 is 22.3 Å². The second kappa shape index (κ2) is 8.18. The van der Waals surface area contributed by atoms with Crippen LogP contribution in [0.3, 0.4) is 0 Å². The van der Waals surface area contributed by atoms with Crippen LogP contribution in [0.25, 0.3) is 0 Å². The lowest BCUT2D eigenvalue weighted by Crippen LogP contribution is -2.21. The standard InChI is InChI=1S/C15H14ClFN2O4S/c1-23-15(20)11-3-4-12(18-7-11)9-19(24(21)22)8-10-2-5-14(17)13(16)6-10/h2-7,24H,8-9H2,1H3. The van der Waals surface area contributed by atoms with Crippen molar-refractivity contribution in [2.24, 2.45) is 0 Å². The third-order valence-electron chi connectivity index (χ3n) is 3.17. The van der Waals surface area contributed by atoms with Crippen molar-refractivity contribution in [2.75, 3.05) is 7.11 Å². The van der Waals surface area contributed by atoms with Gasteiger partial charge in [0.25, 0.3) is 0 Å². The normalized spacial score (nSPS) is 11.0. The first-order valence-corrected chi connectivity index (χ1v) is 8.28. The summed E-state index contributed by atoms with van der Waals surface area (Å²) >= 11 is 5.70. The van der Waals surface area contributed by atoms with Gasteiger partial charge in [0.2, 0.25) is 10.9 Å². The molecule has 1 aromatic carbocycles. The number of nitrogens with zero attached hydrogens (tertiary/aromatic N) is 2. The molecule has 0 saturated heterocycles. The summed E-state index contributed by atoms with van der Waals surface area (Å²) in [5.74, 6) is -1.10. The van der Waals surface area contributed by atoms with Crippen LogP contribution in [0.15, 0.2) is 36.5 Å². The molecule has 0 radical (unpaired) electrons. The van der Waals surface area contributed by atoms with Crippen LogP contribution in [0.2, 0.25) is 5.02 Å². The van der Waals surface area contributed by atoms with E-state index in [4.69, 9.17) is 11.6 Å². The number of hydrogen-bond acceptors (Lipinski definition) is 5. The van der Waals surface area contributed by atoms with E-state index in [-0.39, 0.29) is 23.7 Å². The van der Waals surface area contributed by atoms with E-state index in [9.17, 15) is 17.6 Å². The average Bonchev–Trinajstić information content (AvgIpc) is 2.57. The molecule has 24 heavy (non-hydrogen) atoms. The molecule has 0 aliphatic heterocycles. The number of methoxy groups -OCH3 is 1. The molecular formula is C15H14ClFN2O4S. The van der Waals surface area contributed by atoms with Crippen LogP contribution in [0, 0.1) is 5.82 Å². The van der Waals surface area contributed by atoms with Crippen molar-refractivity contribution in [2.45, 2.75) is 13.1 Å². The molecule has 9 heteroatoms. The lowest BCUT2D eigenvalue weighted by atomic mass is 10.2. The smallest absolute Gasteiger partial charge is 0.339 e. The Labute approximate surface area is 144 Å². The van der Waals surface area contributed by atoms with Crippen molar-refractivity contribution in [3.05, 3.63) is 64.2 Å². The Morgan fingerprint density at radius 3 is 2.58 bits per heavy atom. The first-order valence-electron chi connectivity index (χ1n) is 6.77. The van der Waals surface area contributed by atoms with Gasteiger partial charge >= 0.3 is 5.97 Å². The summed E-state index contributed by atoms with van der Waals surface area (Å²) in [5, 5.41) is -0.0749. The number of rotatable bonds is 6. The molecule has 128 valence electrons. The van der Waals surface area contributed by atoms with Crippen LogP contribution in [0.1, 0.15) is 21.6 Å². The van der Waals surface area contributed by atoms with Crippen LogP contribution in [-0.2, 0) is 28.7 Å². The Bertz CT molecular complexity index is 804. The number of benzene rings is 1. The molecule has 1 heterocycles. The number of ether oxygens (including phenoxy) is 1. The minimum absolute atomic E-state index is 0.00908. The van der Waals surface area contributed by atoms with Gasteiger partial charge in [0.05, 0.1) is 29.9 Å². The summed E-state index contributed by atoms with van der Waals surface area (Å²) in [6, 6.07) is 7.04. The molecule has 0 saturated carbocycles. The number of thiol groups is 1. The summed E-state index contributed by atoms with van der Waals surface area (Å²) in [6.45, 7) is 0.0360. The van der Waals surface area contributed by atoms with Gasteiger partial charge < -0.3 is 4.74 Å². The molecule has 0 aliphatic rings. The first-order chi connectivity index (χ1) is 11.4. The zero-order valence-electron chi connectivity index (χ0n) is 12.6. The Morgan fingerprint density at radius 1 is 1.29 bits per heavy atom. The molecule has 0 N–H and O–H groups in total. The first kappa shape index (κ1) is 18.3. The zero-order valence-corrected chi connectivity index (χ0v) is 14.3. The van der Waals surface area contributed by atoms with Crippen molar-refractivity contribution in [3.8, 4) is 0 Å². The van der Waals surface area contributed by atoms with E-state index >= 15 is 0 Å². The quantitative estimate of drug-likeness (QED) is 0.621. The van der Waals surface area contributed by atoms with E-state index in [1.807, 2.05) is 0 Å². The van der Waals surface area contributed by atoms with Crippen molar-refractivity contribution in [1.29, 1.82) is 0 Å². The van der Waals surface area contributed by atoms with E-state index in [2.05, 4.69) is 9.72 Å². The Hall–Kier alpha value is -2.03. The third kappa shape index (κ3) is 4.73. The number of carbonyl (C=O) groups is 1. The fourth-order valence-corrected chi connectivity index (χ4v) is 2.71. The average molecular weight is 373 g/mol. The van der Waals surface area contributed by atoms with Gasteiger partial charge in [-0.3, -0.25) is 4.98 Å². The van der Waals surface area contributed by atoms with Crippen LogP contribution < -0.4 is 0 Å². The largest absolute Gasteiger partial charge is 0.465 e. The molecule has 0 unspecified atom stereocenters. The molecule has 6 nitrogen and oxygen atoms in total. The highest BCUT2D eigenvalue weighted by Gasteiger charge is 2.13. The van der Waals surface area contributed by atoms with Gasteiger partial charge in [0, 0.05) is 12.7 Å². The van der Waals surface area contributed by atoms with E-state index in [1.54, 1.807) is 0 Å². The SMILES string of the molecule is COC(=O)c1ccc(CN(Cc2ccc(F)c(Cl)c2)[SH](=O)=O)nc1. The van der Waals surface area contributed by atoms with E-state index in [1.165, 1.54) is 43.6 Å². The Morgan fingerprint density at radius 2 is 2.04 bits per heavy atom. The van der Waals surface area contributed by atoms with Crippen molar-refractivity contribution in [1.82, 2.24) is 9.29 Å². The molecule has 2 rings (SSSR count). The maximum Gasteiger partial charge on any atom is 0.339 e. The van der Waals surface area contributed by atoms with E-state index < -0.39 is 22.7 Å². The summed E-state index contributed by atoms with van der Waals surface area (Å²) in [6.07, 6.45) is 1.31. The zero-order chi connectivity index (χ0) is 17.7. The van der Waals surface area contributed by atoms with Gasteiger partial charge in [-0.05, 0) is 29.8 Å². The molecule has 1 aromatic heterocycles. The van der Waals surface area contributed by atoms with Crippen LogP contribution in [0.5, 0.6) is 0 Å². The third-order valence-corrected chi connectivity index (χ3v) is 4.20. The molecule has 0 amide bonds. The van der Waals surface area contributed by atoms with Gasteiger partial charge in [-0.15, -0.1) is 0 Å². The number of carbonyl (C=O) groups excluding carboxylic acids is 1. The fourth-order valence-electron chi connectivity index (χ4n) is 1.96. The highest BCUT2D eigenvalue weighted by Crippen LogP contribution is 2.18. The molecule has 0 bridgehead atoms. The maximum absolute atomic E-state index is 13.2. The fraction of sp³-hybridized carbons (Fsp3) is 0.200. The molecule has 0 atom stereocenters. The van der Waals surface area contributed by atoms with Crippen LogP contribution in [0.4, 0.5) is 4.39 Å². The van der Waals surface area contributed by atoms with Crippen molar-refractivity contribution in [3.63, 3.8) is 0 Å². The highest BCUT2D eigenvalue weighted by atomic mass is 35.5. The minimum atomic E-state index is -2.89. The molecule has 2 aromatic rings. The lowest BCUT2D eigenvalue weighted by Gasteiger charge is -2.15. The molecule has 0 aliphatic carbocycles. The number of halogens is 2. The second-order valence-corrected chi connectivity index (χ2v) is 6.29. The number of aromatic nitrogens is 1. The van der Waals surface area contributed by atoms with Crippen LogP contribution in [-0.4, -0.2) is 30.8 Å². The number of pyridine rings is 1. The van der Waals surface area contributed by atoms with Gasteiger partial charge in [-0.2, -0.15) is 4.31 Å². The monoisotopic (exact) mass is 372 g/mol. The van der Waals surface area contributed by atoms with E-state index in [0.717, 1.165) is 4.31 Å². The number of hydrogen-bond donors (Lipinski definition) is 1. The van der Waals surface area contributed by atoms with Gasteiger partial charge in [0.1, 0.15) is 5.82 Å². The van der Waals surface area contributed by atoms with Gasteiger partial charge in [-0.25, -0.2) is 17.6 Å². The summed E-state index contributed by atoms with van der Waals surface area (Å²) in [5.41, 5.74) is 1.27. The van der Waals surface area contributed by atoms with Gasteiger partial charge in [-0.1, -0.05) is 17.7 Å². The molecule has 0 spiro atoms. The number of esters is 1. The maximum atomic E-state index is 13.2. The Kier molecular flexibility index (Phi) is 6.24. The van der Waals surface area contributed by atoms with E-state index in [0.29, 0.717) is 11.3 Å². The Balaban J connectivity index is 2.13. The predicted molar refractivity (Wildman–Crippen MR) is 86.5 cm³/mol. The predicted octanol–water partition coefficient (Wildman–Crippen LogP) is 2.19. The minimum Gasteiger partial charge on any atom is -0.465 e. The summed E-state index contributed by atoms with van der Waals surface area (Å²) < 4.78 is 41.7. The molecular weight excluding hydrogens is 359 g/mol. The molecule has 0 fully saturated rings. The van der Waals surface area contributed by atoms with Crippen molar-refractivity contribution >= 4 is 28.5 Å². The summed E-state index contributed by atoms with van der Waals surface area (Å²) in [7, 11) is -1.63. The highest BCUT2D eigenvalue weighted by molar-refractivity contribution is 7.69. The topological polar surface area (TPSA) is 76.6 Å². The van der Waals surface area contributed by atoms with Gasteiger partial charge in [0.15, 0.2) is 0 Å². The summed E-state index contributed by atoms with van der Waals surface area (Å²) in [4.78, 5) is 15.4. The second-order valence-electron chi connectivity index (χ2n) is 4.84.